The summed E-state index contributed by atoms with van der Waals surface area (Å²) >= 11 is 7.79. The summed E-state index contributed by atoms with van der Waals surface area (Å²) < 4.78 is 11.3. The number of ether oxygens (including phenoxy) is 2. The number of Topliss-reactive ketones (excluding diaryl/α,β-unsaturated/α-hetero) is 1. The first-order valence-electron chi connectivity index (χ1n) is 7.48. The monoisotopic (exact) mass is 364 g/mol. The number of benzene rings is 1. The Morgan fingerprint density at radius 3 is 2.75 bits per heavy atom. The van der Waals surface area contributed by atoms with E-state index in [2.05, 4.69) is 4.99 Å². The van der Waals surface area contributed by atoms with E-state index in [1.54, 1.807) is 11.8 Å². The van der Waals surface area contributed by atoms with Gasteiger partial charge in [0.25, 0.3) is 0 Å². The van der Waals surface area contributed by atoms with Crippen LogP contribution in [0.2, 0.25) is 0 Å². The highest BCUT2D eigenvalue weighted by atomic mass is 35.5. The number of aliphatic imine (C=N–C) groups is 1. The smallest absolute Gasteiger partial charge is 0.230 e. The van der Waals surface area contributed by atoms with Gasteiger partial charge in [0, 0.05) is 4.90 Å². The Hall–Kier alpha value is -1.92. The molecule has 0 aliphatic carbocycles. The zero-order valence-electron chi connectivity index (χ0n) is 13.3. The summed E-state index contributed by atoms with van der Waals surface area (Å²) in [5, 5.41) is 0.161. The second-order valence-corrected chi connectivity index (χ2v) is 6.48. The van der Waals surface area contributed by atoms with E-state index in [1.165, 1.54) is 0 Å². The molecule has 0 radical (unpaired) electrons. The van der Waals surface area contributed by atoms with Crippen molar-refractivity contribution in [2.45, 2.75) is 17.7 Å². The quantitative estimate of drug-likeness (QED) is 0.831. The third kappa shape index (κ3) is 2.91. The summed E-state index contributed by atoms with van der Waals surface area (Å²) in [6.07, 6.45) is 2.01. The first kappa shape index (κ1) is 16.9. The molecule has 2 aliphatic rings. The Labute approximate surface area is 149 Å². The number of nitrogens with zero attached hydrogens (tertiary/aromatic N) is 1. The van der Waals surface area contributed by atoms with Crippen molar-refractivity contribution in [1.82, 2.24) is 0 Å². The lowest BCUT2D eigenvalue weighted by Gasteiger charge is -2.31. The highest BCUT2D eigenvalue weighted by molar-refractivity contribution is 7.98. The fourth-order valence-electron chi connectivity index (χ4n) is 2.78. The van der Waals surface area contributed by atoms with E-state index < -0.39 is 5.92 Å². The largest absolute Gasteiger partial charge is 0.492 e. The Bertz CT molecular complexity index is 769. The molecular formula is C17H17ClN2O3S. The van der Waals surface area contributed by atoms with Gasteiger partial charge < -0.3 is 15.2 Å². The first-order valence-corrected chi connectivity index (χ1v) is 9.09. The molecule has 7 heteroatoms. The first-order chi connectivity index (χ1) is 11.6. The molecule has 1 aromatic rings. The molecule has 0 saturated heterocycles. The molecule has 2 N–H and O–H groups in total. The number of nitrogens with two attached hydrogens (primary N) is 1. The topological polar surface area (TPSA) is 73.9 Å². The number of ketones is 1. The lowest BCUT2D eigenvalue weighted by molar-refractivity contribution is -0.115. The van der Waals surface area contributed by atoms with E-state index in [4.69, 9.17) is 26.8 Å². The third-order valence-corrected chi connectivity index (χ3v) is 4.88. The summed E-state index contributed by atoms with van der Waals surface area (Å²) in [5.41, 5.74) is 7.38. The van der Waals surface area contributed by atoms with Gasteiger partial charge in [0.15, 0.2) is 22.5 Å². The number of halogens is 1. The molecule has 0 aromatic heterocycles. The van der Waals surface area contributed by atoms with Gasteiger partial charge in [0.2, 0.25) is 5.88 Å². The lowest BCUT2D eigenvalue weighted by Crippen LogP contribution is -2.31. The fraction of sp³-hybridized carbons (Fsp3) is 0.294. The number of hydrogen-bond donors (Lipinski definition) is 1. The molecule has 0 amide bonds. The van der Waals surface area contributed by atoms with Crippen LogP contribution in [-0.2, 0) is 14.3 Å². The van der Waals surface area contributed by atoms with E-state index >= 15 is 0 Å². The summed E-state index contributed by atoms with van der Waals surface area (Å²) in [6, 6.07) is 7.92. The maximum Gasteiger partial charge on any atom is 0.230 e. The zero-order chi connectivity index (χ0) is 17.3. The van der Waals surface area contributed by atoms with Gasteiger partial charge in [-0.1, -0.05) is 23.7 Å². The number of thioether (sulfide) groups is 1. The van der Waals surface area contributed by atoms with Crippen LogP contribution in [0.5, 0.6) is 0 Å². The Balaban J connectivity index is 2.15. The predicted octanol–water partition coefficient (Wildman–Crippen LogP) is 3.16. The van der Waals surface area contributed by atoms with Gasteiger partial charge in [-0.15, -0.1) is 11.8 Å². The Kier molecular flexibility index (Phi) is 4.87. The van der Waals surface area contributed by atoms with Crippen LogP contribution in [0.15, 0.2) is 57.1 Å². The number of dihydropyridines is 1. The van der Waals surface area contributed by atoms with E-state index in [0.29, 0.717) is 17.9 Å². The second-order valence-electron chi connectivity index (χ2n) is 5.24. The molecule has 2 heterocycles. The number of allylic oxidation sites excluding steroid dienone is 2. The van der Waals surface area contributed by atoms with E-state index in [1.807, 2.05) is 37.4 Å². The molecule has 126 valence electrons. The lowest BCUT2D eigenvalue weighted by atomic mass is 9.84. The van der Waals surface area contributed by atoms with Crippen molar-refractivity contribution in [3.05, 3.63) is 52.8 Å². The minimum absolute atomic E-state index is 0.000266. The minimum Gasteiger partial charge on any atom is -0.492 e. The maximum absolute atomic E-state index is 12.5. The normalized spacial score (nSPS) is 20.5. The Morgan fingerprint density at radius 1 is 1.42 bits per heavy atom. The van der Waals surface area contributed by atoms with Crippen LogP contribution in [0.1, 0.15) is 18.4 Å². The Morgan fingerprint density at radius 2 is 2.12 bits per heavy atom. The SMILES string of the molecule is CCOC1=C(N)OC2=C(C(=O)CN=C2Cl)C1c1ccc(SC)cc1. The number of carbonyl (C=O) groups excluding carboxylic acids is 1. The van der Waals surface area contributed by atoms with Gasteiger partial charge in [0.1, 0.15) is 6.54 Å². The van der Waals surface area contributed by atoms with Gasteiger partial charge in [-0.3, -0.25) is 9.79 Å². The highest BCUT2D eigenvalue weighted by Crippen LogP contribution is 2.42. The van der Waals surface area contributed by atoms with E-state index in [-0.39, 0.29) is 29.1 Å². The van der Waals surface area contributed by atoms with Crippen LogP contribution >= 0.6 is 23.4 Å². The molecule has 0 spiro atoms. The standard InChI is InChI=1S/C17H17ClN2O3S/c1-3-22-15-12(9-4-6-10(24-2)7-5-9)13-11(21)8-20-16(18)14(13)23-17(15)19/h4-7,12H,3,8,19H2,1-2H3. The van der Waals surface area contributed by atoms with Crippen LogP contribution in [-0.4, -0.2) is 30.4 Å². The van der Waals surface area contributed by atoms with Crippen molar-refractivity contribution in [3.63, 3.8) is 0 Å². The van der Waals surface area contributed by atoms with Gasteiger partial charge in [-0.25, -0.2) is 0 Å². The fourth-order valence-corrected chi connectivity index (χ4v) is 3.39. The van der Waals surface area contributed by atoms with E-state index in [0.717, 1.165) is 10.5 Å². The van der Waals surface area contributed by atoms with Crippen LogP contribution in [0, 0.1) is 0 Å². The van der Waals surface area contributed by atoms with Crippen LogP contribution < -0.4 is 5.73 Å². The number of rotatable bonds is 4. The van der Waals surface area contributed by atoms with Crippen molar-refractivity contribution >= 4 is 34.3 Å². The molecule has 1 atom stereocenters. The second kappa shape index (κ2) is 6.91. The number of hydrogen-bond acceptors (Lipinski definition) is 6. The van der Waals surface area contributed by atoms with Crippen molar-refractivity contribution in [3.8, 4) is 0 Å². The van der Waals surface area contributed by atoms with Gasteiger partial charge in [-0.2, -0.15) is 0 Å². The molecule has 24 heavy (non-hydrogen) atoms. The van der Waals surface area contributed by atoms with Crippen LogP contribution in [0.3, 0.4) is 0 Å². The van der Waals surface area contributed by atoms with Gasteiger partial charge >= 0.3 is 0 Å². The molecule has 5 nitrogen and oxygen atoms in total. The number of carbonyl (C=O) groups is 1. The maximum atomic E-state index is 12.5. The summed E-state index contributed by atoms with van der Waals surface area (Å²) in [5.74, 6) is 0.192. The van der Waals surface area contributed by atoms with Crippen molar-refractivity contribution in [2.24, 2.45) is 10.7 Å². The van der Waals surface area contributed by atoms with Crippen molar-refractivity contribution in [1.29, 1.82) is 0 Å². The molecule has 0 bridgehead atoms. The van der Waals surface area contributed by atoms with Crippen molar-refractivity contribution in [2.75, 3.05) is 19.4 Å². The summed E-state index contributed by atoms with van der Waals surface area (Å²) in [6.45, 7) is 2.27. The third-order valence-electron chi connectivity index (χ3n) is 3.85. The molecule has 1 aromatic carbocycles. The predicted molar refractivity (Wildman–Crippen MR) is 95.1 cm³/mol. The molecule has 0 fully saturated rings. The van der Waals surface area contributed by atoms with Crippen LogP contribution in [0.4, 0.5) is 0 Å². The van der Waals surface area contributed by atoms with E-state index in [9.17, 15) is 4.79 Å². The molecule has 1 unspecified atom stereocenters. The van der Waals surface area contributed by atoms with Crippen LogP contribution in [0.25, 0.3) is 0 Å². The molecule has 3 rings (SSSR count). The summed E-state index contributed by atoms with van der Waals surface area (Å²) in [4.78, 5) is 17.6. The summed E-state index contributed by atoms with van der Waals surface area (Å²) in [7, 11) is 0. The average Bonchev–Trinajstić information content (AvgIpc) is 2.59. The molecule has 2 aliphatic heterocycles. The highest BCUT2D eigenvalue weighted by Gasteiger charge is 2.40. The molecular weight excluding hydrogens is 348 g/mol. The minimum atomic E-state index is -0.443. The molecule has 0 saturated carbocycles. The van der Waals surface area contributed by atoms with Gasteiger partial charge in [-0.05, 0) is 30.9 Å². The van der Waals surface area contributed by atoms with Gasteiger partial charge in [0.05, 0.1) is 18.1 Å². The average molecular weight is 365 g/mol. The zero-order valence-corrected chi connectivity index (χ0v) is 14.9. The van der Waals surface area contributed by atoms with Crippen molar-refractivity contribution < 1.29 is 14.3 Å².